The van der Waals surface area contributed by atoms with Gasteiger partial charge in [-0.2, -0.15) is 0 Å². The summed E-state index contributed by atoms with van der Waals surface area (Å²) >= 11 is 0. The van der Waals surface area contributed by atoms with Gasteiger partial charge in [-0.1, -0.05) is 18.2 Å². The molecule has 1 saturated heterocycles. The Balaban J connectivity index is 1.65. The molecule has 0 atom stereocenters. The van der Waals surface area contributed by atoms with E-state index in [1.807, 2.05) is 30.3 Å². The first-order valence-corrected chi connectivity index (χ1v) is 7.37. The van der Waals surface area contributed by atoms with E-state index in [1.54, 1.807) is 15.9 Å². The summed E-state index contributed by atoms with van der Waals surface area (Å²) in [6.07, 6.45) is 1.56. The standard InChI is InChI=1S/C15H19N5O2/c21-11-10-18-6-8-19(9-7-18)15(22)14-16-12-20(17-14)13-4-2-1-3-5-13/h1-5,12,21H,6-11H2. The maximum atomic E-state index is 12.4. The summed E-state index contributed by atoms with van der Waals surface area (Å²) in [6, 6.07) is 9.59. The zero-order valence-electron chi connectivity index (χ0n) is 12.3. The number of rotatable bonds is 4. The Kier molecular flexibility index (Phi) is 4.45. The molecule has 1 aromatic carbocycles. The van der Waals surface area contributed by atoms with E-state index < -0.39 is 0 Å². The van der Waals surface area contributed by atoms with Crippen LogP contribution in [-0.4, -0.2) is 74.9 Å². The second-order valence-electron chi connectivity index (χ2n) is 5.21. The fraction of sp³-hybridized carbons (Fsp3) is 0.400. The number of carbonyl (C=O) groups is 1. The van der Waals surface area contributed by atoms with E-state index in [2.05, 4.69) is 15.0 Å². The topological polar surface area (TPSA) is 74.5 Å². The monoisotopic (exact) mass is 301 g/mol. The molecule has 7 heteroatoms. The largest absolute Gasteiger partial charge is 0.395 e. The Bertz CT molecular complexity index is 620. The number of aliphatic hydroxyl groups excluding tert-OH is 1. The van der Waals surface area contributed by atoms with Crippen LogP contribution in [0.25, 0.3) is 5.69 Å². The highest BCUT2D eigenvalue weighted by Gasteiger charge is 2.24. The SMILES string of the molecule is O=C(c1ncn(-c2ccccc2)n1)N1CCN(CCO)CC1. The van der Waals surface area contributed by atoms with Crippen LogP contribution in [0, 0.1) is 0 Å². The molecule has 1 aromatic heterocycles. The summed E-state index contributed by atoms with van der Waals surface area (Å²) in [5, 5.41) is 13.2. The van der Waals surface area contributed by atoms with Crippen molar-refractivity contribution >= 4 is 5.91 Å². The van der Waals surface area contributed by atoms with Gasteiger partial charge in [0.2, 0.25) is 5.82 Å². The van der Waals surface area contributed by atoms with Crippen molar-refractivity contribution in [1.29, 1.82) is 0 Å². The predicted molar refractivity (Wildman–Crippen MR) is 80.8 cm³/mol. The van der Waals surface area contributed by atoms with E-state index in [9.17, 15) is 4.79 Å². The Morgan fingerprint density at radius 3 is 2.55 bits per heavy atom. The van der Waals surface area contributed by atoms with Crippen molar-refractivity contribution in [3.8, 4) is 5.69 Å². The predicted octanol–water partition coefficient (Wildman–Crippen LogP) is 0.0174. The van der Waals surface area contributed by atoms with Gasteiger partial charge in [0.05, 0.1) is 12.3 Å². The number of amides is 1. The molecule has 1 N–H and O–H groups in total. The lowest BCUT2D eigenvalue weighted by molar-refractivity contribution is 0.0603. The summed E-state index contributed by atoms with van der Waals surface area (Å²) in [6.45, 7) is 3.62. The van der Waals surface area contributed by atoms with E-state index in [4.69, 9.17) is 5.11 Å². The van der Waals surface area contributed by atoms with Crippen molar-refractivity contribution in [2.45, 2.75) is 0 Å². The summed E-state index contributed by atoms with van der Waals surface area (Å²) in [7, 11) is 0. The molecular weight excluding hydrogens is 282 g/mol. The van der Waals surface area contributed by atoms with Crippen LogP contribution in [0.15, 0.2) is 36.7 Å². The van der Waals surface area contributed by atoms with E-state index in [-0.39, 0.29) is 18.3 Å². The van der Waals surface area contributed by atoms with Crippen LogP contribution in [0.3, 0.4) is 0 Å². The van der Waals surface area contributed by atoms with E-state index in [0.717, 1.165) is 18.8 Å². The third-order valence-electron chi connectivity index (χ3n) is 3.78. The van der Waals surface area contributed by atoms with Gasteiger partial charge >= 0.3 is 0 Å². The number of nitrogens with zero attached hydrogens (tertiary/aromatic N) is 5. The average Bonchev–Trinajstić information content (AvgIpc) is 3.06. The number of hydrogen-bond acceptors (Lipinski definition) is 5. The molecule has 2 heterocycles. The molecule has 0 aliphatic carbocycles. The van der Waals surface area contributed by atoms with E-state index >= 15 is 0 Å². The number of β-amino-alcohol motifs (C(OH)–C–C–N with tert-alkyl or cyclic N) is 1. The van der Waals surface area contributed by atoms with Crippen LogP contribution >= 0.6 is 0 Å². The third-order valence-corrected chi connectivity index (χ3v) is 3.78. The Morgan fingerprint density at radius 1 is 1.14 bits per heavy atom. The van der Waals surface area contributed by atoms with Gasteiger partial charge in [0.25, 0.3) is 5.91 Å². The van der Waals surface area contributed by atoms with Crippen LogP contribution in [0.5, 0.6) is 0 Å². The molecule has 0 bridgehead atoms. The fourth-order valence-corrected chi connectivity index (χ4v) is 2.52. The normalized spacial score (nSPS) is 16.0. The minimum Gasteiger partial charge on any atom is -0.395 e. The Hall–Kier alpha value is -2.25. The van der Waals surface area contributed by atoms with Gasteiger partial charge in [-0.15, -0.1) is 5.10 Å². The number of benzene rings is 1. The second-order valence-corrected chi connectivity index (χ2v) is 5.21. The number of carbonyl (C=O) groups excluding carboxylic acids is 1. The Labute approximate surface area is 128 Å². The molecule has 7 nitrogen and oxygen atoms in total. The third kappa shape index (κ3) is 3.15. The summed E-state index contributed by atoms with van der Waals surface area (Å²) in [5.74, 6) is 0.0813. The minimum atomic E-state index is -0.140. The highest BCUT2D eigenvalue weighted by molar-refractivity contribution is 5.90. The molecule has 22 heavy (non-hydrogen) atoms. The number of para-hydroxylation sites is 1. The first-order valence-electron chi connectivity index (χ1n) is 7.37. The molecular formula is C15H19N5O2. The summed E-state index contributed by atoms with van der Waals surface area (Å²) in [4.78, 5) is 20.5. The summed E-state index contributed by atoms with van der Waals surface area (Å²) < 4.78 is 1.61. The Morgan fingerprint density at radius 2 is 1.86 bits per heavy atom. The average molecular weight is 301 g/mol. The van der Waals surface area contributed by atoms with Crippen molar-refractivity contribution in [3.05, 3.63) is 42.5 Å². The highest BCUT2D eigenvalue weighted by atomic mass is 16.3. The smallest absolute Gasteiger partial charge is 0.293 e. The maximum Gasteiger partial charge on any atom is 0.293 e. The number of piperazine rings is 1. The van der Waals surface area contributed by atoms with Crippen molar-refractivity contribution in [1.82, 2.24) is 24.6 Å². The molecule has 2 aromatic rings. The molecule has 1 fully saturated rings. The number of aromatic nitrogens is 3. The maximum absolute atomic E-state index is 12.4. The van der Waals surface area contributed by atoms with Crippen molar-refractivity contribution < 1.29 is 9.90 Å². The van der Waals surface area contributed by atoms with Crippen LogP contribution in [0.2, 0.25) is 0 Å². The van der Waals surface area contributed by atoms with Crippen LogP contribution in [0.4, 0.5) is 0 Å². The van der Waals surface area contributed by atoms with Crippen molar-refractivity contribution in [3.63, 3.8) is 0 Å². The van der Waals surface area contributed by atoms with E-state index in [1.165, 1.54) is 0 Å². The lowest BCUT2D eigenvalue weighted by Crippen LogP contribution is -2.49. The molecule has 0 spiro atoms. The lowest BCUT2D eigenvalue weighted by Gasteiger charge is -2.33. The van der Waals surface area contributed by atoms with Gasteiger partial charge in [-0.3, -0.25) is 9.69 Å². The molecule has 1 aliphatic rings. The molecule has 1 aliphatic heterocycles. The zero-order valence-corrected chi connectivity index (χ0v) is 12.3. The second kappa shape index (κ2) is 6.67. The van der Waals surface area contributed by atoms with Crippen molar-refractivity contribution in [2.75, 3.05) is 39.3 Å². The van der Waals surface area contributed by atoms with Crippen LogP contribution in [0.1, 0.15) is 10.6 Å². The first-order chi connectivity index (χ1) is 10.8. The molecule has 0 saturated carbocycles. The zero-order chi connectivity index (χ0) is 15.4. The van der Waals surface area contributed by atoms with Crippen molar-refractivity contribution in [2.24, 2.45) is 0 Å². The van der Waals surface area contributed by atoms with Gasteiger partial charge in [-0.05, 0) is 12.1 Å². The van der Waals surface area contributed by atoms with Gasteiger partial charge in [0.15, 0.2) is 0 Å². The van der Waals surface area contributed by atoms with Gasteiger partial charge < -0.3 is 10.0 Å². The molecule has 1 amide bonds. The molecule has 3 rings (SSSR count). The fourth-order valence-electron chi connectivity index (χ4n) is 2.52. The lowest BCUT2D eigenvalue weighted by atomic mass is 10.3. The first kappa shape index (κ1) is 14.7. The summed E-state index contributed by atoms with van der Waals surface area (Å²) in [5.41, 5.74) is 0.877. The van der Waals surface area contributed by atoms with E-state index in [0.29, 0.717) is 19.6 Å². The van der Waals surface area contributed by atoms with Gasteiger partial charge in [0, 0.05) is 32.7 Å². The number of hydrogen-bond donors (Lipinski definition) is 1. The van der Waals surface area contributed by atoms with Crippen LogP contribution < -0.4 is 0 Å². The minimum absolute atomic E-state index is 0.140. The van der Waals surface area contributed by atoms with Gasteiger partial charge in [-0.25, -0.2) is 9.67 Å². The molecule has 0 radical (unpaired) electrons. The van der Waals surface area contributed by atoms with Crippen LogP contribution in [-0.2, 0) is 0 Å². The highest BCUT2D eigenvalue weighted by Crippen LogP contribution is 2.08. The number of aliphatic hydroxyl groups is 1. The molecule has 116 valence electrons. The van der Waals surface area contributed by atoms with Gasteiger partial charge in [0.1, 0.15) is 6.33 Å². The quantitative estimate of drug-likeness (QED) is 0.861. The molecule has 0 unspecified atom stereocenters.